The lowest BCUT2D eigenvalue weighted by molar-refractivity contribution is 0.877. The molecule has 0 saturated heterocycles. The van der Waals surface area contributed by atoms with Crippen LogP contribution >= 0.6 is 11.8 Å². The Morgan fingerprint density at radius 2 is 1.74 bits per heavy atom. The van der Waals surface area contributed by atoms with Crippen LogP contribution in [0.15, 0.2) is 53.4 Å². The maximum Gasteiger partial charge on any atom is 0.0485 e. The van der Waals surface area contributed by atoms with Crippen LogP contribution in [0, 0.1) is 0 Å². The molecule has 0 aliphatic rings. The molecule has 0 aromatic heterocycles. The van der Waals surface area contributed by atoms with Crippen molar-refractivity contribution in [3.05, 3.63) is 59.7 Å². The van der Waals surface area contributed by atoms with Crippen LogP contribution in [0.25, 0.3) is 0 Å². The van der Waals surface area contributed by atoms with E-state index in [9.17, 15) is 0 Å². The Morgan fingerprint density at radius 3 is 2.37 bits per heavy atom. The highest BCUT2D eigenvalue weighted by molar-refractivity contribution is 7.98. The molecule has 0 heterocycles. The van der Waals surface area contributed by atoms with Crippen molar-refractivity contribution in [3.63, 3.8) is 0 Å². The molecular weight excluding hydrogens is 250 g/mol. The van der Waals surface area contributed by atoms with Crippen molar-refractivity contribution in [1.82, 2.24) is 0 Å². The Bertz CT molecular complexity index is 519. The molecular formula is C17H21NS. The van der Waals surface area contributed by atoms with Crippen LogP contribution in [0.5, 0.6) is 0 Å². The first-order chi connectivity index (χ1) is 9.24. The molecule has 0 bridgehead atoms. The van der Waals surface area contributed by atoms with Crippen LogP contribution < -0.4 is 5.32 Å². The monoisotopic (exact) mass is 271 g/mol. The van der Waals surface area contributed by atoms with Gasteiger partial charge in [-0.05, 0) is 48.9 Å². The van der Waals surface area contributed by atoms with Crippen LogP contribution in [0.3, 0.4) is 0 Å². The van der Waals surface area contributed by atoms with Crippen molar-refractivity contribution < 1.29 is 0 Å². The van der Waals surface area contributed by atoms with Crippen molar-refractivity contribution >= 4 is 17.4 Å². The van der Waals surface area contributed by atoms with E-state index in [1.165, 1.54) is 21.7 Å². The predicted octanol–water partition coefficient (Wildman–Crippen LogP) is 5.14. The number of thioether (sulfide) groups is 1. The van der Waals surface area contributed by atoms with Gasteiger partial charge >= 0.3 is 0 Å². The Labute approximate surface area is 120 Å². The number of rotatable bonds is 5. The van der Waals surface area contributed by atoms with Crippen molar-refractivity contribution in [2.24, 2.45) is 0 Å². The molecule has 2 aromatic rings. The molecule has 0 fully saturated rings. The fourth-order valence-electron chi connectivity index (χ4n) is 2.18. The van der Waals surface area contributed by atoms with Crippen LogP contribution in [-0.2, 0) is 6.42 Å². The van der Waals surface area contributed by atoms with Crippen LogP contribution in [0.4, 0.5) is 5.69 Å². The smallest absolute Gasteiger partial charge is 0.0485 e. The van der Waals surface area contributed by atoms with Gasteiger partial charge in [0.25, 0.3) is 0 Å². The summed E-state index contributed by atoms with van der Waals surface area (Å²) in [5, 5.41) is 3.61. The quantitative estimate of drug-likeness (QED) is 0.755. The van der Waals surface area contributed by atoms with E-state index in [1.54, 1.807) is 11.8 Å². The second-order valence-electron chi connectivity index (χ2n) is 4.65. The summed E-state index contributed by atoms with van der Waals surface area (Å²) in [6.45, 7) is 4.40. The maximum atomic E-state index is 3.61. The predicted molar refractivity (Wildman–Crippen MR) is 86.1 cm³/mol. The second-order valence-corrected chi connectivity index (χ2v) is 5.53. The Balaban J connectivity index is 2.13. The molecule has 0 aliphatic carbocycles. The first-order valence-electron chi connectivity index (χ1n) is 6.73. The number of hydrogen-bond acceptors (Lipinski definition) is 2. The van der Waals surface area contributed by atoms with Gasteiger partial charge in [0.2, 0.25) is 0 Å². The number of nitrogens with one attached hydrogen (secondary N) is 1. The van der Waals surface area contributed by atoms with E-state index < -0.39 is 0 Å². The molecule has 0 aliphatic heterocycles. The first-order valence-corrected chi connectivity index (χ1v) is 7.95. The minimum atomic E-state index is 0.323. The number of aryl methyl sites for hydroxylation is 1. The van der Waals surface area contributed by atoms with Gasteiger partial charge in [0, 0.05) is 16.6 Å². The lowest BCUT2D eigenvalue weighted by Crippen LogP contribution is -2.08. The highest BCUT2D eigenvalue weighted by Crippen LogP contribution is 2.24. The van der Waals surface area contributed by atoms with E-state index >= 15 is 0 Å². The molecule has 19 heavy (non-hydrogen) atoms. The molecule has 0 amide bonds. The average Bonchev–Trinajstić information content (AvgIpc) is 2.48. The first kappa shape index (κ1) is 14.0. The third kappa shape index (κ3) is 3.54. The zero-order valence-corrected chi connectivity index (χ0v) is 12.6. The summed E-state index contributed by atoms with van der Waals surface area (Å²) < 4.78 is 0. The third-order valence-corrected chi connectivity index (χ3v) is 4.13. The van der Waals surface area contributed by atoms with E-state index in [2.05, 4.69) is 74.0 Å². The SMILES string of the molecule is CCc1ccccc1NC(C)c1ccc(SC)cc1. The van der Waals surface area contributed by atoms with Gasteiger partial charge < -0.3 is 5.32 Å². The number of benzene rings is 2. The van der Waals surface area contributed by atoms with Crippen LogP contribution in [0.1, 0.15) is 31.0 Å². The van der Waals surface area contributed by atoms with Gasteiger partial charge in [-0.2, -0.15) is 0 Å². The van der Waals surface area contributed by atoms with Gasteiger partial charge in [-0.3, -0.25) is 0 Å². The summed E-state index contributed by atoms with van der Waals surface area (Å²) in [7, 11) is 0. The van der Waals surface area contributed by atoms with Crippen molar-refractivity contribution in [1.29, 1.82) is 0 Å². The highest BCUT2D eigenvalue weighted by Gasteiger charge is 2.07. The van der Waals surface area contributed by atoms with Crippen LogP contribution in [0.2, 0.25) is 0 Å². The summed E-state index contributed by atoms with van der Waals surface area (Å²) in [5.41, 5.74) is 3.94. The fourth-order valence-corrected chi connectivity index (χ4v) is 2.59. The van der Waals surface area contributed by atoms with E-state index in [4.69, 9.17) is 0 Å². The van der Waals surface area contributed by atoms with E-state index in [-0.39, 0.29) is 0 Å². The van der Waals surface area contributed by atoms with Crippen molar-refractivity contribution in [2.75, 3.05) is 11.6 Å². The third-order valence-electron chi connectivity index (χ3n) is 3.39. The Morgan fingerprint density at radius 1 is 1.05 bits per heavy atom. The van der Waals surface area contributed by atoms with Crippen molar-refractivity contribution in [3.8, 4) is 0 Å². The Hall–Kier alpha value is -1.41. The zero-order valence-electron chi connectivity index (χ0n) is 11.8. The number of hydrogen-bond donors (Lipinski definition) is 1. The standard InChI is InChI=1S/C17H21NS/c1-4-14-7-5-6-8-17(14)18-13(2)15-9-11-16(19-3)12-10-15/h5-13,18H,4H2,1-3H3. The van der Waals surface area contributed by atoms with Gasteiger partial charge in [0.1, 0.15) is 0 Å². The summed E-state index contributed by atoms with van der Waals surface area (Å²) in [4.78, 5) is 1.31. The molecule has 100 valence electrons. The van der Waals surface area contributed by atoms with Crippen molar-refractivity contribution in [2.45, 2.75) is 31.2 Å². The van der Waals surface area contributed by atoms with Gasteiger partial charge in [0.05, 0.1) is 0 Å². The molecule has 1 N–H and O–H groups in total. The molecule has 2 aromatic carbocycles. The molecule has 0 saturated carbocycles. The lowest BCUT2D eigenvalue weighted by atomic mass is 10.1. The normalized spacial score (nSPS) is 12.2. The highest BCUT2D eigenvalue weighted by atomic mass is 32.2. The lowest BCUT2D eigenvalue weighted by Gasteiger charge is -2.18. The molecule has 1 unspecified atom stereocenters. The number of para-hydroxylation sites is 1. The molecule has 1 nitrogen and oxygen atoms in total. The Kier molecular flexibility index (Phi) is 4.92. The van der Waals surface area contributed by atoms with E-state index in [0.717, 1.165) is 6.42 Å². The maximum absolute atomic E-state index is 3.61. The van der Waals surface area contributed by atoms with Gasteiger partial charge in [-0.25, -0.2) is 0 Å². The molecule has 1 atom stereocenters. The topological polar surface area (TPSA) is 12.0 Å². The minimum Gasteiger partial charge on any atom is -0.378 e. The molecule has 0 radical (unpaired) electrons. The second kappa shape index (κ2) is 6.67. The van der Waals surface area contributed by atoms with E-state index in [1.807, 2.05) is 0 Å². The van der Waals surface area contributed by atoms with Gasteiger partial charge in [-0.1, -0.05) is 37.3 Å². The van der Waals surface area contributed by atoms with Gasteiger partial charge in [0.15, 0.2) is 0 Å². The summed E-state index contributed by atoms with van der Waals surface area (Å²) in [6, 6.07) is 17.6. The summed E-state index contributed by atoms with van der Waals surface area (Å²) in [5.74, 6) is 0. The van der Waals surface area contributed by atoms with Gasteiger partial charge in [-0.15, -0.1) is 11.8 Å². The average molecular weight is 271 g/mol. The minimum absolute atomic E-state index is 0.323. The van der Waals surface area contributed by atoms with E-state index in [0.29, 0.717) is 6.04 Å². The number of anilines is 1. The molecule has 2 heteroatoms. The fraction of sp³-hybridized carbons (Fsp3) is 0.294. The zero-order chi connectivity index (χ0) is 13.7. The summed E-state index contributed by atoms with van der Waals surface area (Å²) >= 11 is 1.78. The molecule has 2 rings (SSSR count). The largest absolute Gasteiger partial charge is 0.378 e. The molecule has 0 spiro atoms. The summed E-state index contributed by atoms with van der Waals surface area (Å²) in [6.07, 6.45) is 3.16. The van der Waals surface area contributed by atoms with Crippen LogP contribution in [-0.4, -0.2) is 6.26 Å².